The van der Waals surface area contributed by atoms with E-state index in [-0.39, 0.29) is 24.4 Å². The normalized spacial score (nSPS) is 18.4. The summed E-state index contributed by atoms with van der Waals surface area (Å²) in [6.07, 6.45) is 1.30. The molecule has 0 spiro atoms. The summed E-state index contributed by atoms with van der Waals surface area (Å²) in [5.74, 6) is -1.90. The Morgan fingerprint density at radius 2 is 1.81 bits per heavy atom. The van der Waals surface area contributed by atoms with E-state index in [4.69, 9.17) is 14.4 Å². The molecule has 1 aliphatic rings. The second-order valence-electron chi connectivity index (χ2n) is 7.64. The highest BCUT2D eigenvalue weighted by atomic mass is 19.1. The van der Waals surface area contributed by atoms with Crippen LogP contribution in [0.5, 0.6) is 0 Å². The molecular weight excluding hydrogens is 352 g/mol. The number of aliphatic carboxylic acids is 1. The fourth-order valence-corrected chi connectivity index (χ4v) is 2.60. The van der Waals surface area contributed by atoms with Gasteiger partial charge >= 0.3 is 13.1 Å². The van der Waals surface area contributed by atoms with Gasteiger partial charge in [-0.15, -0.1) is 0 Å². The molecule has 0 radical (unpaired) electrons. The minimum Gasteiger partial charge on any atom is -0.481 e. The SMILES string of the molecule is CC(=O)NCC(=Cc1ccc(CC(=O)O)c(F)c1)B1OC(C)(C)C(C)(C)O1. The number of carbonyl (C=O) groups excluding carboxylic acids is 1. The first kappa shape index (κ1) is 21.1. The second-order valence-corrected chi connectivity index (χ2v) is 7.64. The quantitative estimate of drug-likeness (QED) is 0.745. The number of nitrogens with one attached hydrogen (secondary N) is 1. The number of hydrogen-bond acceptors (Lipinski definition) is 4. The Morgan fingerprint density at radius 3 is 2.30 bits per heavy atom. The number of carbonyl (C=O) groups is 2. The minimum atomic E-state index is -1.10. The second kappa shape index (κ2) is 7.82. The van der Waals surface area contributed by atoms with Crippen molar-refractivity contribution >= 4 is 25.1 Å². The van der Waals surface area contributed by atoms with Crippen LogP contribution < -0.4 is 5.32 Å². The van der Waals surface area contributed by atoms with Gasteiger partial charge in [0.15, 0.2) is 0 Å². The lowest BCUT2D eigenvalue weighted by molar-refractivity contribution is -0.136. The molecule has 146 valence electrons. The van der Waals surface area contributed by atoms with Gasteiger partial charge in [-0.1, -0.05) is 18.2 Å². The number of carboxylic acids is 1. The number of halogens is 1. The highest BCUT2D eigenvalue weighted by molar-refractivity contribution is 6.56. The third kappa shape index (κ3) is 5.17. The monoisotopic (exact) mass is 377 g/mol. The summed E-state index contributed by atoms with van der Waals surface area (Å²) < 4.78 is 26.2. The Balaban J connectivity index is 2.32. The zero-order valence-corrected chi connectivity index (χ0v) is 16.3. The summed E-state index contributed by atoms with van der Waals surface area (Å²) >= 11 is 0. The first-order valence-corrected chi connectivity index (χ1v) is 8.72. The van der Waals surface area contributed by atoms with Gasteiger partial charge in [0, 0.05) is 13.5 Å². The van der Waals surface area contributed by atoms with E-state index in [1.165, 1.54) is 19.1 Å². The Morgan fingerprint density at radius 1 is 1.22 bits per heavy atom. The third-order valence-electron chi connectivity index (χ3n) is 4.87. The molecule has 0 atom stereocenters. The van der Waals surface area contributed by atoms with E-state index >= 15 is 0 Å². The van der Waals surface area contributed by atoms with Crippen molar-refractivity contribution in [3.05, 3.63) is 40.6 Å². The molecule has 0 aromatic heterocycles. The number of amides is 1. The molecule has 0 unspecified atom stereocenters. The lowest BCUT2D eigenvalue weighted by Crippen LogP contribution is -2.41. The molecule has 8 heteroatoms. The molecule has 1 amide bonds. The average Bonchev–Trinajstić information content (AvgIpc) is 2.73. The zero-order valence-electron chi connectivity index (χ0n) is 16.3. The van der Waals surface area contributed by atoms with Gasteiger partial charge in [0.1, 0.15) is 5.82 Å². The van der Waals surface area contributed by atoms with Crippen LogP contribution in [0, 0.1) is 5.82 Å². The summed E-state index contributed by atoms with van der Waals surface area (Å²) in [4.78, 5) is 22.1. The summed E-state index contributed by atoms with van der Waals surface area (Å²) in [6.45, 7) is 9.27. The Kier molecular flexibility index (Phi) is 6.12. The molecule has 27 heavy (non-hydrogen) atoms. The molecule has 1 aromatic rings. The van der Waals surface area contributed by atoms with Crippen LogP contribution in [0.3, 0.4) is 0 Å². The minimum absolute atomic E-state index is 0.110. The van der Waals surface area contributed by atoms with Crippen LogP contribution in [-0.4, -0.2) is 41.8 Å². The van der Waals surface area contributed by atoms with Crippen molar-refractivity contribution in [1.29, 1.82) is 0 Å². The van der Waals surface area contributed by atoms with Crippen LogP contribution in [0.1, 0.15) is 45.7 Å². The standard InChI is InChI=1S/C19H25BFNO5/c1-12(23)22-11-15(20-26-18(2,3)19(4,5)27-20)8-13-6-7-14(10-17(24)25)16(21)9-13/h6-9H,10-11H2,1-5H3,(H,22,23)(H,24,25). The van der Waals surface area contributed by atoms with Crippen LogP contribution in [0.4, 0.5) is 4.39 Å². The molecule has 0 saturated carbocycles. The van der Waals surface area contributed by atoms with Gasteiger partial charge in [-0.05, 0) is 50.4 Å². The van der Waals surface area contributed by atoms with Crippen molar-refractivity contribution in [2.45, 2.75) is 52.2 Å². The Hall–Kier alpha value is -2.19. The van der Waals surface area contributed by atoms with Crippen LogP contribution in [0.25, 0.3) is 6.08 Å². The Labute approximate surface area is 158 Å². The maximum atomic E-state index is 14.2. The van der Waals surface area contributed by atoms with Gasteiger partial charge in [0.25, 0.3) is 0 Å². The van der Waals surface area contributed by atoms with Crippen LogP contribution in [-0.2, 0) is 25.3 Å². The van der Waals surface area contributed by atoms with Crippen molar-refractivity contribution in [1.82, 2.24) is 5.32 Å². The van der Waals surface area contributed by atoms with Crippen LogP contribution in [0.2, 0.25) is 0 Å². The summed E-state index contributed by atoms with van der Waals surface area (Å²) in [7, 11) is -0.691. The van der Waals surface area contributed by atoms with E-state index in [0.29, 0.717) is 11.0 Å². The van der Waals surface area contributed by atoms with Gasteiger partial charge in [0.2, 0.25) is 5.91 Å². The van der Waals surface area contributed by atoms with E-state index in [0.717, 1.165) is 0 Å². The molecule has 1 aromatic carbocycles. The van der Waals surface area contributed by atoms with Gasteiger partial charge in [-0.25, -0.2) is 4.39 Å². The predicted molar refractivity (Wildman–Crippen MR) is 100 cm³/mol. The number of benzene rings is 1. The smallest absolute Gasteiger partial charge is 0.481 e. The lowest BCUT2D eigenvalue weighted by Gasteiger charge is -2.32. The highest BCUT2D eigenvalue weighted by Crippen LogP contribution is 2.38. The highest BCUT2D eigenvalue weighted by Gasteiger charge is 2.52. The van der Waals surface area contributed by atoms with Gasteiger partial charge in [0.05, 0.1) is 17.6 Å². The van der Waals surface area contributed by atoms with E-state index in [2.05, 4.69) is 5.32 Å². The third-order valence-corrected chi connectivity index (χ3v) is 4.87. The summed E-state index contributed by atoms with van der Waals surface area (Å²) in [6, 6.07) is 4.33. The Bertz CT molecular complexity index is 759. The zero-order chi connectivity index (χ0) is 20.4. The fourth-order valence-electron chi connectivity index (χ4n) is 2.60. The maximum Gasteiger partial charge on any atom is 0.492 e. The summed E-state index contributed by atoms with van der Waals surface area (Å²) in [5, 5.41) is 11.5. The van der Waals surface area contributed by atoms with Crippen LogP contribution in [0.15, 0.2) is 23.7 Å². The van der Waals surface area contributed by atoms with Crippen molar-refractivity contribution in [3.63, 3.8) is 0 Å². The van der Waals surface area contributed by atoms with Gasteiger partial charge in [-0.2, -0.15) is 0 Å². The van der Waals surface area contributed by atoms with E-state index in [9.17, 15) is 14.0 Å². The predicted octanol–water partition coefficient (Wildman–Crippen LogP) is 2.60. The number of carboxylic acid groups (broad SMARTS) is 1. The molecule has 2 N–H and O–H groups in total. The molecule has 1 heterocycles. The van der Waals surface area contributed by atoms with E-state index in [1.54, 1.807) is 12.1 Å². The molecular formula is C19H25BFNO5. The largest absolute Gasteiger partial charge is 0.492 e. The molecule has 1 fully saturated rings. The average molecular weight is 377 g/mol. The lowest BCUT2D eigenvalue weighted by atomic mass is 9.77. The van der Waals surface area contributed by atoms with E-state index in [1.807, 2.05) is 27.7 Å². The van der Waals surface area contributed by atoms with Crippen molar-refractivity contribution in [2.75, 3.05) is 6.54 Å². The van der Waals surface area contributed by atoms with Gasteiger partial charge < -0.3 is 19.7 Å². The van der Waals surface area contributed by atoms with Crippen molar-refractivity contribution < 1.29 is 28.4 Å². The first-order chi connectivity index (χ1) is 12.4. The van der Waals surface area contributed by atoms with Gasteiger partial charge in [-0.3, -0.25) is 9.59 Å². The molecule has 1 aliphatic heterocycles. The van der Waals surface area contributed by atoms with E-state index < -0.39 is 30.1 Å². The van der Waals surface area contributed by atoms with Crippen LogP contribution >= 0.6 is 0 Å². The fraction of sp³-hybridized carbons (Fsp3) is 0.474. The maximum absolute atomic E-state index is 14.2. The number of rotatable bonds is 6. The molecule has 0 bridgehead atoms. The topological polar surface area (TPSA) is 84.9 Å². The first-order valence-electron chi connectivity index (χ1n) is 8.72. The molecule has 0 aliphatic carbocycles. The molecule has 6 nitrogen and oxygen atoms in total. The summed E-state index contributed by atoms with van der Waals surface area (Å²) in [5.41, 5.74) is 0.164. The van der Waals surface area contributed by atoms with Crippen molar-refractivity contribution in [3.8, 4) is 0 Å². The van der Waals surface area contributed by atoms with Crippen molar-refractivity contribution in [2.24, 2.45) is 0 Å². The number of hydrogen-bond donors (Lipinski definition) is 2. The molecule has 1 saturated heterocycles. The molecule has 2 rings (SSSR count).